The highest BCUT2D eigenvalue weighted by atomic mass is 19.4. The number of nitrogens with zero attached hydrogens (tertiary/aromatic N) is 2. The Hall–Kier alpha value is -3.68. The van der Waals surface area contributed by atoms with Crippen LogP contribution >= 0.6 is 0 Å². The lowest BCUT2D eigenvalue weighted by molar-refractivity contribution is -0.140. The van der Waals surface area contributed by atoms with Crippen LogP contribution < -0.4 is 9.80 Å². The zero-order valence-electron chi connectivity index (χ0n) is 18.5. The van der Waals surface area contributed by atoms with Crippen molar-refractivity contribution in [2.24, 2.45) is 0 Å². The number of hydrogen-bond acceptors (Lipinski definition) is 2. The van der Waals surface area contributed by atoms with Crippen LogP contribution in [0.4, 0.5) is 28.9 Å². The van der Waals surface area contributed by atoms with E-state index >= 15 is 0 Å². The molecule has 0 radical (unpaired) electrons. The SMILES string of the molecule is CC(=O)N(c1ccccc1)C1CC(C)N(C(=O)c2ccc(F)c(C(F)(F)F)c2)c2ccccc21. The minimum absolute atomic E-state index is 0.175. The highest BCUT2D eigenvalue weighted by molar-refractivity contribution is 6.07. The normalized spacial score (nSPS) is 17.8. The molecule has 3 aromatic carbocycles. The van der Waals surface area contributed by atoms with Crippen molar-refractivity contribution >= 4 is 23.2 Å². The molecule has 1 aliphatic rings. The van der Waals surface area contributed by atoms with Crippen molar-refractivity contribution in [3.05, 3.63) is 95.3 Å². The van der Waals surface area contributed by atoms with Crippen LogP contribution in [-0.4, -0.2) is 17.9 Å². The number of alkyl halides is 3. The Bertz CT molecular complexity index is 1230. The summed E-state index contributed by atoms with van der Waals surface area (Å²) in [7, 11) is 0. The highest BCUT2D eigenvalue weighted by Gasteiger charge is 2.39. The van der Waals surface area contributed by atoms with E-state index in [2.05, 4.69) is 0 Å². The average molecular weight is 470 g/mol. The van der Waals surface area contributed by atoms with E-state index < -0.39 is 29.5 Å². The molecule has 0 saturated heterocycles. The van der Waals surface area contributed by atoms with Crippen molar-refractivity contribution in [2.75, 3.05) is 9.80 Å². The third-order valence-corrected chi connectivity index (χ3v) is 5.98. The summed E-state index contributed by atoms with van der Waals surface area (Å²) in [5, 5.41) is 0. The topological polar surface area (TPSA) is 40.6 Å². The Morgan fingerprint density at radius 1 is 0.971 bits per heavy atom. The van der Waals surface area contributed by atoms with Gasteiger partial charge in [0.15, 0.2) is 0 Å². The first-order valence-electron chi connectivity index (χ1n) is 10.7. The van der Waals surface area contributed by atoms with E-state index in [1.807, 2.05) is 30.3 Å². The van der Waals surface area contributed by atoms with Gasteiger partial charge in [0.2, 0.25) is 5.91 Å². The maximum atomic E-state index is 13.8. The zero-order chi connectivity index (χ0) is 24.6. The highest BCUT2D eigenvalue weighted by Crippen LogP contribution is 2.43. The third-order valence-electron chi connectivity index (χ3n) is 5.98. The molecular weight excluding hydrogens is 448 g/mol. The minimum Gasteiger partial charge on any atom is -0.305 e. The summed E-state index contributed by atoms with van der Waals surface area (Å²) in [4.78, 5) is 29.1. The van der Waals surface area contributed by atoms with Crippen molar-refractivity contribution in [3.8, 4) is 0 Å². The molecule has 0 N–H and O–H groups in total. The number of carbonyl (C=O) groups is 2. The Morgan fingerprint density at radius 2 is 1.62 bits per heavy atom. The van der Waals surface area contributed by atoms with Crippen LogP contribution in [0.2, 0.25) is 0 Å². The number of amides is 2. The first-order valence-corrected chi connectivity index (χ1v) is 10.7. The van der Waals surface area contributed by atoms with Crippen LogP contribution in [0.25, 0.3) is 0 Å². The lowest BCUT2D eigenvalue weighted by Crippen LogP contribution is -2.47. The van der Waals surface area contributed by atoms with E-state index in [0.717, 1.165) is 6.07 Å². The Kier molecular flexibility index (Phi) is 6.17. The summed E-state index contributed by atoms with van der Waals surface area (Å²) in [5.74, 6) is -2.28. The zero-order valence-corrected chi connectivity index (χ0v) is 18.5. The smallest absolute Gasteiger partial charge is 0.305 e. The van der Waals surface area contributed by atoms with E-state index in [-0.39, 0.29) is 17.5 Å². The molecule has 0 saturated carbocycles. The molecule has 2 amide bonds. The molecule has 3 aromatic rings. The number of para-hydroxylation sites is 2. The van der Waals surface area contributed by atoms with Gasteiger partial charge in [-0.05, 0) is 55.3 Å². The molecule has 1 aliphatic heterocycles. The summed E-state index contributed by atoms with van der Waals surface area (Å²) in [5.41, 5.74) is 0.152. The standard InChI is InChI=1S/C26H22F4N2O2/c1-16-14-24(32(17(2)33)19-8-4-3-5-9-19)20-10-6-7-11-23(20)31(16)25(34)18-12-13-22(27)21(15-18)26(28,29)30/h3-13,15-16,24H,14H2,1-2H3. The first-order chi connectivity index (χ1) is 16.1. The molecule has 0 bridgehead atoms. The number of benzene rings is 3. The summed E-state index contributed by atoms with van der Waals surface area (Å²) in [6.07, 6.45) is -4.56. The fourth-order valence-corrected chi connectivity index (χ4v) is 4.52. The molecule has 34 heavy (non-hydrogen) atoms. The Labute approximate surface area is 194 Å². The van der Waals surface area contributed by atoms with Crippen LogP contribution in [0.15, 0.2) is 72.8 Å². The molecule has 4 nitrogen and oxygen atoms in total. The second-order valence-electron chi connectivity index (χ2n) is 8.25. The average Bonchev–Trinajstić information content (AvgIpc) is 2.79. The fourth-order valence-electron chi connectivity index (χ4n) is 4.52. The van der Waals surface area contributed by atoms with Crippen molar-refractivity contribution in [3.63, 3.8) is 0 Å². The summed E-state index contributed by atoms with van der Waals surface area (Å²) >= 11 is 0. The Morgan fingerprint density at radius 3 is 2.26 bits per heavy atom. The molecule has 8 heteroatoms. The molecule has 2 unspecified atom stereocenters. The molecule has 0 aromatic heterocycles. The van der Waals surface area contributed by atoms with E-state index in [1.165, 1.54) is 11.8 Å². The van der Waals surface area contributed by atoms with Crippen molar-refractivity contribution in [1.82, 2.24) is 0 Å². The van der Waals surface area contributed by atoms with E-state index in [9.17, 15) is 27.2 Å². The van der Waals surface area contributed by atoms with E-state index in [4.69, 9.17) is 0 Å². The number of halogens is 4. The number of rotatable bonds is 3. The van der Waals surface area contributed by atoms with E-state index in [0.29, 0.717) is 35.5 Å². The van der Waals surface area contributed by atoms with E-state index in [1.54, 1.807) is 36.1 Å². The largest absolute Gasteiger partial charge is 0.419 e. The predicted octanol–water partition coefficient (Wildman–Crippen LogP) is 6.38. The summed E-state index contributed by atoms with van der Waals surface area (Å²) < 4.78 is 53.5. The maximum absolute atomic E-state index is 13.8. The second-order valence-corrected chi connectivity index (χ2v) is 8.25. The lowest BCUT2D eigenvalue weighted by atomic mass is 9.89. The van der Waals surface area contributed by atoms with Gasteiger partial charge in [-0.1, -0.05) is 36.4 Å². The van der Waals surface area contributed by atoms with Gasteiger partial charge in [0, 0.05) is 29.9 Å². The molecular formula is C26H22F4N2O2. The van der Waals surface area contributed by atoms with Crippen LogP contribution in [0.3, 0.4) is 0 Å². The van der Waals surface area contributed by atoms with Gasteiger partial charge in [-0.25, -0.2) is 4.39 Å². The van der Waals surface area contributed by atoms with Gasteiger partial charge in [-0.2, -0.15) is 13.2 Å². The van der Waals surface area contributed by atoms with Crippen LogP contribution in [0.5, 0.6) is 0 Å². The molecule has 0 fully saturated rings. The van der Waals surface area contributed by atoms with Gasteiger partial charge < -0.3 is 9.80 Å². The molecule has 1 heterocycles. The first kappa shape index (κ1) is 23.5. The van der Waals surface area contributed by atoms with Crippen LogP contribution in [-0.2, 0) is 11.0 Å². The number of hydrogen-bond donors (Lipinski definition) is 0. The van der Waals surface area contributed by atoms with Crippen molar-refractivity contribution in [2.45, 2.75) is 38.5 Å². The molecule has 0 spiro atoms. The van der Waals surface area contributed by atoms with Gasteiger partial charge in [-0.15, -0.1) is 0 Å². The van der Waals surface area contributed by atoms with Gasteiger partial charge in [0.1, 0.15) is 5.82 Å². The monoisotopic (exact) mass is 470 g/mol. The molecule has 2 atom stereocenters. The van der Waals surface area contributed by atoms with Crippen LogP contribution in [0, 0.1) is 5.82 Å². The Balaban J connectivity index is 1.78. The minimum atomic E-state index is -4.92. The molecule has 4 rings (SSSR count). The number of anilines is 2. The fraction of sp³-hybridized carbons (Fsp3) is 0.231. The van der Waals surface area contributed by atoms with Crippen molar-refractivity contribution in [1.29, 1.82) is 0 Å². The van der Waals surface area contributed by atoms with Gasteiger partial charge in [0.05, 0.1) is 11.6 Å². The summed E-state index contributed by atoms with van der Waals surface area (Å²) in [6.45, 7) is 3.24. The quantitative estimate of drug-likeness (QED) is 0.417. The van der Waals surface area contributed by atoms with Crippen molar-refractivity contribution < 1.29 is 27.2 Å². The summed E-state index contributed by atoms with van der Waals surface area (Å²) in [6, 6.07) is 17.6. The van der Waals surface area contributed by atoms with Gasteiger partial charge >= 0.3 is 6.18 Å². The predicted molar refractivity (Wildman–Crippen MR) is 121 cm³/mol. The van der Waals surface area contributed by atoms with Crippen LogP contribution in [0.1, 0.15) is 47.8 Å². The molecule has 0 aliphatic carbocycles. The second kappa shape index (κ2) is 8.93. The number of fused-ring (bicyclic) bond motifs is 1. The third kappa shape index (κ3) is 4.27. The maximum Gasteiger partial charge on any atom is 0.419 e. The molecule has 176 valence electrons. The van der Waals surface area contributed by atoms with Gasteiger partial charge in [-0.3, -0.25) is 9.59 Å². The number of carbonyl (C=O) groups excluding carboxylic acids is 2. The van der Waals surface area contributed by atoms with Gasteiger partial charge in [0.25, 0.3) is 5.91 Å². The lowest BCUT2D eigenvalue weighted by Gasteiger charge is -2.43.